The lowest BCUT2D eigenvalue weighted by atomic mass is 10.9. The fraction of sp³-hybridized carbons (Fsp3) is 1.00. The Kier molecular flexibility index (Phi) is 1.72. The second-order valence-electron chi connectivity index (χ2n) is 0.904. The Morgan fingerprint density at radius 3 is 2.83 bits per heavy atom. The van der Waals surface area contributed by atoms with Crippen molar-refractivity contribution in [2.75, 3.05) is 12.4 Å². The van der Waals surface area contributed by atoms with E-state index in [0.29, 0.717) is 0 Å². The van der Waals surface area contributed by atoms with Crippen LogP contribution in [0.2, 0.25) is 0 Å². The monoisotopic (exact) mass is 124 g/mol. The number of rotatable bonds is 0. The molecule has 0 radical (unpaired) electrons. The molecule has 1 rings (SSSR count). The molecule has 0 aromatic carbocycles. The summed E-state index contributed by atoms with van der Waals surface area (Å²) in [5.41, 5.74) is 0. The third-order valence-corrected chi connectivity index (χ3v) is 2.99. The van der Waals surface area contributed by atoms with E-state index in [0.717, 1.165) is 12.4 Å². The maximum absolute atomic E-state index is 8.53. The van der Waals surface area contributed by atoms with Gasteiger partial charge in [-0.05, 0) is 0 Å². The van der Waals surface area contributed by atoms with Crippen molar-refractivity contribution in [3.8, 4) is 0 Å². The first-order chi connectivity index (χ1) is 2.89. The molecule has 0 bridgehead atoms. The van der Waals surface area contributed by atoms with Gasteiger partial charge in [0.2, 0.25) is 7.58 Å². The van der Waals surface area contributed by atoms with Crippen LogP contribution < -0.4 is 0 Å². The van der Waals surface area contributed by atoms with Gasteiger partial charge < -0.3 is 9.42 Å². The molecule has 0 aromatic heterocycles. The Labute approximate surface area is 41.6 Å². The lowest BCUT2D eigenvalue weighted by Gasteiger charge is -1.90. The van der Waals surface area contributed by atoms with E-state index in [9.17, 15) is 0 Å². The van der Waals surface area contributed by atoms with Gasteiger partial charge in [-0.1, -0.05) is 11.4 Å². The fourth-order valence-corrected chi connectivity index (χ4v) is 2.17. The summed E-state index contributed by atoms with van der Waals surface area (Å²) in [6, 6.07) is 0. The first-order valence-corrected chi connectivity index (χ1v) is 4.45. The molecule has 0 unspecified atom stereocenters. The van der Waals surface area contributed by atoms with Crippen LogP contribution in [0.25, 0.3) is 0 Å². The molecule has 4 heteroatoms. The molecule has 1 N–H and O–H groups in total. The van der Waals surface area contributed by atoms with E-state index in [2.05, 4.69) is 0 Å². The van der Waals surface area contributed by atoms with Gasteiger partial charge in [0.05, 0.1) is 6.61 Å². The Bertz CT molecular complexity index is 44.8. The van der Waals surface area contributed by atoms with Gasteiger partial charge in [-0.3, -0.25) is 0 Å². The molecule has 6 heavy (non-hydrogen) atoms. The minimum atomic E-state index is -1.05. The summed E-state index contributed by atoms with van der Waals surface area (Å²) in [4.78, 5) is 8.53. The summed E-state index contributed by atoms with van der Waals surface area (Å²) in [5.74, 6) is 0.961. The number of hydrogen-bond acceptors (Lipinski definition) is 3. The van der Waals surface area contributed by atoms with Gasteiger partial charge in [0.15, 0.2) is 0 Å². The Morgan fingerprint density at radius 2 is 2.67 bits per heavy atom. The normalized spacial score (nSPS) is 34.5. The summed E-state index contributed by atoms with van der Waals surface area (Å²) in [6.07, 6.45) is 0. The molecule has 1 aliphatic heterocycles. The minimum Gasteiger partial charge on any atom is -0.342 e. The number of hydrogen-bond donors (Lipinski definition) is 1. The lowest BCUT2D eigenvalue weighted by Crippen LogP contribution is -1.75. The molecule has 2 nitrogen and oxygen atoms in total. The molecule has 1 aliphatic rings. The van der Waals surface area contributed by atoms with Crippen LogP contribution in [0.5, 0.6) is 0 Å². The van der Waals surface area contributed by atoms with Gasteiger partial charge in [0.1, 0.15) is 0 Å². The van der Waals surface area contributed by atoms with Crippen LogP contribution in [0.4, 0.5) is 0 Å². The van der Waals surface area contributed by atoms with E-state index in [-0.39, 0.29) is 0 Å². The smallest absolute Gasteiger partial charge is 0.235 e. The molecule has 1 atom stereocenters. The first kappa shape index (κ1) is 4.85. The van der Waals surface area contributed by atoms with E-state index in [1.54, 1.807) is 0 Å². The highest BCUT2D eigenvalue weighted by molar-refractivity contribution is 8.52. The topological polar surface area (TPSA) is 29.5 Å². The first-order valence-electron chi connectivity index (χ1n) is 1.64. The van der Waals surface area contributed by atoms with Crippen LogP contribution in [0, 0.1) is 0 Å². The standard InChI is InChI=1S/C2H5O2PS/c3-5-4-1-2-6-5/h3H,1-2H2/t5-/m0/s1. The van der Waals surface area contributed by atoms with E-state index in [4.69, 9.17) is 9.42 Å². The zero-order chi connectivity index (χ0) is 4.41. The largest absolute Gasteiger partial charge is 0.342 e. The van der Waals surface area contributed by atoms with E-state index in [1.165, 1.54) is 11.4 Å². The van der Waals surface area contributed by atoms with Crippen molar-refractivity contribution in [3.63, 3.8) is 0 Å². The zero-order valence-electron chi connectivity index (χ0n) is 3.13. The highest BCUT2D eigenvalue weighted by Gasteiger charge is 2.11. The van der Waals surface area contributed by atoms with Crippen LogP contribution in [0.3, 0.4) is 0 Å². The summed E-state index contributed by atoms with van der Waals surface area (Å²) in [5, 5.41) is 0. The second-order valence-corrected chi connectivity index (χ2v) is 4.02. The summed E-state index contributed by atoms with van der Waals surface area (Å²) >= 11 is 1.50. The predicted molar refractivity (Wildman–Crippen MR) is 27.5 cm³/mol. The quantitative estimate of drug-likeness (QED) is 0.488. The van der Waals surface area contributed by atoms with Gasteiger partial charge in [-0.25, -0.2) is 0 Å². The van der Waals surface area contributed by atoms with Crippen molar-refractivity contribution < 1.29 is 9.42 Å². The second kappa shape index (κ2) is 2.12. The minimum absolute atomic E-state index is 0.729. The molecule has 36 valence electrons. The lowest BCUT2D eigenvalue weighted by molar-refractivity contribution is 0.355. The molecule has 0 amide bonds. The summed E-state index contributed by atoms with van der Waals surface area (Å²) < 4.78 is 4.74. The van der Waals surface area contributed by atoms with Crippen molar-refractivity contribution in [1.82, 2.24) is 0 Å². The SMILES string of the molecule is O[P@@]1OCCS1. The molecule has 0 aliphatic carbocycles. The van der Waals surface area contributed by atoms with E-state index >= 15 is 0 Å². The maximum atomic E-state index is 8.53. The molecular formula is C2H5O2PS. The predicted octanol–water partition coefficient (Wildman–Crippen LogP) is 0.969. The highest BCUT2D eigenvalue weighted by Crippen LogP contribution is 2.50. The molecule has 1 fully saturated rings. The fourth-order valence-electron chi connectivity index (χ4n) is 0.268. The average Bonchev–Trinajstić information content (AvgIpc) is 1.86. The third-order valence-electron chi connectivity index (χ3n) is 0.487. The van der Waals surface area contributed by atoms with Crippen LogP contribution in [0.15, 0.2) is 0 Å². The van der Waals surface area contributed by atoms with E-state index in [1.807, 2.05) is 0 Å². The highest BCUT2D eigenvalue weighted by atomic mass is 32.7. The van der Waals surface area contributed by atoms with Crippen molar-refractivity contribution in [2.24, 2.45) is 0 Å². The van der Waals surface area contributed by atoms with Crippen LogP contribution >= 0.6 is 19.0 Å². The average molecular weight is 124 g/mol. The van der Waals surface area contributed by atoms with Crippen molar-refractivity contribution in [1.29, 1.82) is 0 Å². The van der Waals surface area contributed by atoms with Crippen molar-refractivity contribution in [2.45, 2.75) is 0 Å². The Hall–Kier alpha value is 0.700. The van der Waals surface area contributed by atoms with Gasteiger partial charge >= 0.3 is 0 Å². The maximum Gasteiger partial charge on any atom is 0.235 e. The van der Waals surface area contributed by atoms with Crippen molar-refractivity contribution >= 4 is 19.0 Å². The van der Waals surface area contributed by atoms with Crippen LogP contribution in [-0.2, 0) is 4.52 Å². The zero-order valence-corrected chi connectivity index (χ0v) is 4.84. The molecule has 0 spiro atoms. The molecule has 1 heterocycles. The van der Waals surface area contributed by atoms with Crippen LogP contribution in [0.1, 0.15) is 0 Å². The molecule has 0 aromatic rings. The Balaban J connectivity index is 2.18. The van der Waals surface area contributed by atoms with Gasteiger partial charge in [-0.15, -0.1) is 0 Å². The molecule has 0 saturated carbocycles. The molecular weight excluding hydrogens is 119 g/mol. The van der Waals surface area contributed by atoms with Crippen molar-refractivity contribution in [3.05, 3.63) is 0 Å². The van der Waals surface area contributed by atoms with Gasteiger partial charge in [0, 0.05) is 5.75 Å². The van der Waals surface area contributed by atoms with Gasteiger partial charge in [0.25, 0.3) is 0 Å². The van der Waals surface area contributed by atoms with Crippen LogP contribution in [-0.4, -0.2) is 17.3 Å². The third kappa shape index (κ3) is 1.09. The summed E-state index contributed by atoms with van der Waals surface area (Å²) in [6.45, 7) is 0.729. The van der Waals surface area contributed by atoms with Gasteiger partial charge in [-0.2, -0.15) is 0 Å². The Morgan fingerprint density at radius 1 is 1.83 bits per heavy atom. The van der Waals surface area contributed by atoms with E-state index < -0.39 is 7.58 Å². The summed E-state index contributed by atoms with van der Waals surface area (Å²) in [7, 11) is -1.05. The molecule has 1 saturated heterocycles.